The van der Waals surface area contributed by atoms with Crippen molar-refractivity contribution in [3.63, 3.8) is 0 Å². The molecule has 2 heterocycles. The molecule has 3 nitrogen and oxygen atoms in total. The minimum atomic E-state index is 0.366. The van der Waals surface area contributed by atoms with Gasteiger partial charge in [0.25, 0.3) is 0 Å². The standard InChI is InChI=1S/C12H10ClNO2/c13-10-9-3-6-15-11(9)7(1-4-14)8-2-5-16-12(8)10/h1-3,5-6H2. The molecule has 0 bridgehead atoms. The van der Waals surface area contributed by atoms with Crippen molar-refractivity contribution in [3.05, 3.63) is 21.7 Å². The van der Waals surface area contributed by atoms with Crippen molar-refractivity contribution in [2.24, 2.45) is 0 Å². The third-order valence-corrected chi connectivity index (χ3v) is 3.50. The molecule has 0 spiro atoms. The van der Waals surface area contributed by atoms with Gasteiger partial charge in [-0.1, -0.05) is 11.6 Å². The van der Waals surface area contributed by atoms with Gasteiger partial charge in [-0.2, -0.15) is 5.26 Å². The highest BCUT2D eigenvalue weighted by molar-refractivity contribution is 6.33. The van der Waals surface area contributed by atoms with Crippen molar-refractivity contribution in [1.82, 2.24) is 0 Å². The number of hydrogen-bond donors (Lipinski definition) is 0. The molecule has 1 aromatic rings. The van der Waals surface area contributed by atoms with Gasteiger partial charge < -0.3 is 9.47 Å². The van der Waals surface area contributed by atoms with Crippen LogP contribution in [0.3, 0.4) is 0 Å². The highest BCUT2D eigenvalue weighted by atomic mass is 35.5. The van der Waals surface area contributed by atoms with Crippen LogP contribution in [0.15, 0.2) is 0 Å². The number of fused-ring (bicyclic) bond motifs is 2. The Morgan fingerprint density at radius 2 is 1.81 bits per heavy atom. The Hall–Kier alpha value is -1.40. The lowest BCUT2D eigenvalue weighted by molar-refractivity contribution is 0.353. The maximum absolute atomic E-state index is 8.87. The van der Waals surface area contributed by atoms with Gasteiger partial charge in [0.2, 0.25) is 0 Å². The summed E-state index contributed by atoms with van der Waals surface area (Å²) in [6.07, 6.45) is 2.00. The third kappa shape index (κ3) is 1.20. The summed E-state index contributed by atoms with van der Waals surface area (Å²) in [5.74, 6) is 1.60. The molecule has 0 atom stereocenters. The van der Waals surface area contributed by atoms with Gasteiger partial charge in [0.15, 0.2) is 0 Å². The fraction of sp³-hybridized carbons (Fsp3) is 0.417. The lowest BCUT2D eigenvalue weighted by atomic mass is 9.97. The van der Waals surface area contributed by atoms with Gasteiger partial charge in [-0.3, -0.25) is 0 Å². The molecule has 0 aromatic heterocycles. The predicted octanol–water partition coefficient (Wildman–Crippen LogP) is 2.28. The zero-order valence-corrected chi connectivity index (χ0v) is 9.43. The summed E-state index contributed by atoms with van der Waals surface area (Å²) < 4.78 is 11.1. The number of nitriles is 1. The van der Waals surface area contributed by atoms with Crippen LogP contribution in [0.2, 0.25) is 5.02 Å². The number of nitrogens with zero attached hydrogens (tertiary/aromatic N) is 1. The fourth-order valence-electron chi connectivity index (χ4n) is 2.41. The van der Waals surface area contributed by atoms with E-state index in [9.17, 15) is 0 Å². The fourth-order valence-corrected chi connectivity index (χ4v) is 2.76. The van der Waals surface area contributed by atoms with E-state index in [1.54, 1.807) is 0 Å². The first kappa shape index (κ1) is 9.80. The lowest BCUT2D eigenvalue weighted by Crippen LogP contribution is -1.96. The summed E-state index contributed by atoms with van der Waals surface area (Å²) >= 11 is 6.28. The molecule has 16 heavy (non-hydrogen) atoms. The molecule has 0 radical (unpaired) electrons. The van der Waals surface area contributed by atoms with Gasteiger partial charge >= 0.3 is 0 Å². The molecule has 3 rings (SSSR count). The van der Waals surface area contributed by atoms with Crippen LogP contribution >= 0.6 is 11.6 Å². The maximum Gasteiger partial charge on any atom is 0.142 e. The molecule has 0 aliphatic carbocycles. The third-order valence-electron chi connectivity index (χ3n) is 3.10. The van der Waals surface area contributed by atoms with Crippen molar-refractivity contribution in [3.8, 4) is 17.6 Å². The zero-order chi connectivity index (χ0) is 11.1. The van der Waals surface area contributed by atoms with Crippen molar-refractivity contribution >= 4 is 11.6 Å². The number of benzene rings is 1. The average molecular weight is 236 g/mol. The zero-order valence-electron chi connectivity index (χ0n) is 8.68. The highest BCUT2D eigenvalue weighted by Crippen LogP contribution is 2.47. The van der Waals surface area contributed by atoms with Gasteiger partial charge in [-0.25, -0.2) is 0 Å². The predicted molar refractivity (Wildman–Crippen MR) is 59.2 cm³/mol. The highest BCUT2D eigenvalue weighted by Gasteiger charge is 2.30. The molecule has 2 aliphatic heterocycles. The molecular weight excluding hydrogens is 226 g/mol. The van der Waals surface area contributed by atoms with Gasteiger partial charge in [-0.15, -0.1) is 0 Å². The van der Waals surface area contributed by atoms with Gasteiger partial charge in [-0.05, 0) is 0 Å². The quantitative estimate of drug-likeness (QED) is 0.750. The molecule has 0 unspecified atom stereocenters. The van der Waals surface area contributed by atoms with Crippen molar-refractivity contribution in [2.45, 2.75) is 19.3 Å². The maximum atomic E-state index is 8.87. The minimum absolute atomic E-state index is 0.366. The molecule has 4 heteroatoms. The first-order valence-electron chi connectivity index (χ1n) is 5.31. The molecule has 0 saturated carbocycles. The van der Waals surface area contributed by atoms with Crippen LogP contribution in [0.5, 0.6) is 11.5 Å². The molecule has 0 amide bonds. The minimum Gasteiger partial charge on any atom is -0.493 e. The van der Waals surface area contributed by atoms with E-state index in [-0.39, 0.29) is 0 Å². The topological polar surface area (TPSA) is 42.2 Å². The largest absolute Gasteiger partial charge is 0.493 e. The number of hydrogen-bond acceptors (Lipinski definition) is 3. The number of halogens is 1. The first-order chi connectivity index (χ1) is 7.83. The second-order valence-electron chi connectivity index (χ2n) is 3.94. The van der Waals surface area contributed by atoms with Gasteiger partial charge in [0.05, 0.1) is 30.7 Å². The number of rotatable bonds is 1. The second-order valence-corrected chi connectivity index (χ2v) is 4.32. The van der Waals surface area contributed by atoms with E-state index in [1.165, 1.54) is 0 Å². The van der Waals surface area contributed by atoms with Crippen LogP contribution in [0.4, 0.5) is 0 Å². The van der Waals surface area contributed by atoms with E-state index in [1.807, 2.05) is 0 Å². The Morgan fingerprint density at radius 1 is 1.12 bits per heavy atom. The van der Waals surface area contributed by atoms with Crippen LogP contribution in [-0.2, 0) is 19.3 Å². The molecule has 0 saturated heterocycles. The van der Waals surface area contributed by atoms with E-state index in [0.29, 0.717) is 24.7 Å². The molecule has 82 valence electrons. The van der Waals surface area contributed by atoms with Crippen LogP contribution < -0.4 is 9.47 Å². The molecule has 2 aliphatic rings. The van der Waals surface area contributed by atoms with Crippen LogP contribution in [-0.4, -0.2) is 13.2 Å². The Morgan fingerprint density at radius 3 is 2.56 bits per heavy atom. The Bertz CT molecular complexity index is 470. The smallest absolute Gasteiger partial charge is 0.142 e. The van der Waals surface area contributed by atoms with Crippen LogP contribution in [0, 0.1) is 11.3 Å². The summed E-state index contributed by atoms with van der Waals surface area (Å²) in [6.45, 7) is 1.30. The average Bonchev–Trinajstić information content (AvgIpc) is 2.92. The summed E-state index contributed by atoms with van der Waals surface area (Å²) in [6, 6.07) is 2.18. The Kier molecular flexibility index (Phi) is 2.19. The molecule has 0 N–H and O–H groups in total. The van der Waals surface area contributed by atoms with E-state index in [4.69, 9.17) is 26.3 Å². The Labute approximate surface area is 98.5 Å². The SMILES string of the molecule is N#CCc1c2c(c(Cl)c3c1OCC3)OCC2. The lowest BCUT2D eigenvalue weighted by Gasteiger charge is -2.12. The second kappa shape index (κ2) is 3.57. The van der Waals surface area contributed by atoms with Crippen molar-refractivity contribution in [1.29, 1.82) is 5.26 Å². The molecular formula is C12H10ClNO2. The van der Waals surface area contributed by atoms with E-state index in [2.05, 4.69) is 6.07 Å². The van der Waals surface area contributed by atoms with E-state index >= 15 is 0 Å². The summed E-state index contributed by atoms with van der Waals surface area (Å²) in [4.78, 5) is 0. The van der Waals surface area contributed by atoms with Crippen LogP contribution in [0.1, 0.15) is 16.7 Å². The summed E-state index contributed by atoms with van der Waals surface area (Å²) in [7, 11) is 0. The summed E-state index contributed by atoms with van der Waals surface area (Å²) in [5, 5.41) is 9.55. The normalized spacial score (nSPS) is 16.0. The van der Waals surface area contributed by atoms with E-state index < -0.39 is 0 Å². The van der Waals surface area contributed by atoms with Crippen molar-refractivity contribution < 1.29 is 9.47 Å². The monoisotopic (exact) mass is 235 g/mol. The van der Waals surface area contributed by atoms with Crippen molar-refractivity contribution in [2.75, 3.05) is 13.2 Å². The van der Waals surface area contributed by atoms with Gasteiger partial charge in [0.1, 0.15) is 11.5 Å². The van der Waals surface area contributed by atoms with Gasteiger partial charge in [0, 0.05) is 29.5 Å². The summed E-state index contributed by atoms with van der Waals surface area (Å²) in [5.41, 5.74) is 3.05. The molecule has 1 aromatic carbocycles. The molecule has 0 fully saturated rings. The number of ether oxygens (including phenoxy) is 2. The first-order valence-corrected chi connectivity index (χ1v) is 5.69. The van der Waals surface area contributed by atoms with Crippen LogP contribution in [0.25, 0.3) is 0 Å². The Balaban J connectivity index is 2.28. The van der Waals surface area contributed by atoms with E-state index in [0.717, 1.165) is 41.0 Å².